The van der Waals surface area contributed by atoms with Gasteiger partial charge in [0.1, 0.15) is 13.2 Å². The minimum absolute atomic E-state index is 0.0997. The smallest absolute Gasteiger partial charge is 0.296 e. The lowest BCUT2D eigenvalue weighted by molar-refractivity contribution is -0.139. The normalized spacial score (nSPS) is 20.8. The molecule has 164 valence electrons. The van der Waals surface area contributed by atoms with Gasteiger partial charge in [-0.05, 0) is 37.8 Å². The van der Waals surface area contributed by atoms with E-state index in [0.29, 0.717) is 36.9 Å². The van der Waals surface area contributed by atoms with Gasteiger partial charge < -0.3 is 23.8 Å². The average Bonchev–Trinajstić information content (AvgIpc) is 3.27. The molecule has 2 fully saturated rings. The fourth-order valence-electron chi connectivity index (χ4n) is 4.44. The zero-order valence-electron chi connectivity index (χ0n) is 17.7. The molecular weight excluding hydrogens is 398 g/mol. The quantitative estimate of drug-likeness (QED) is 0.748. The number of likely N-dealkylation sites (tertiary alicyclic amines) is 1. The molecule has 3 aliphatic rings. The first kappa shape index (κ1) is 19.9. The maximum absolute atomic E-state index is 13.0. The Morgan fingerprint density at radius 2 is 1.87 bits per heavy atom. The van der Waals surface area contributed by atoms with Gasteiger partial charge in [0.05, 0.1) is 5.69 Å². The average molecular weight is 425 g/mol. The minimum atomic E-state index is -0.284. The zero-order valence-corrected chi connectivity index (χ0v) is 17.7. The van der Waals surface area contributed by atoms with Crippen molar-refractivity contribution >= 4 is 17.5 Å². The second-order valence-electron chi connectivity index (χ2n) is 8.56. The first-order valence-electron chi connectivity index (χ1n) is 11.0. The molecule has 2 aromatic rings. The third-order valence-electron chi connectivity index (χ3n) is 6.56. The van der Waals surface area contributed by atoms with E-state index in [1.165, 1.54) is 4.90 Å². The van der Waals surface area contributed by atoms with Crippen molar-refractivity contribution in [3.63, 3.8) is 0 Å². The van der Waals surface area contributed by atoms with E-state index in [1.54, 1.807) is 25.2 Å². The highest BCUT2D eigenvalue weighted by Crippen LogP contribution is 2.35. The first-order chi connectivity index (χ1) is 15.1. The van der Waals surface area contributed by atoms with Crippen LogP contribution in [0.2, 0.25) is 0 Å². The van der Waals surface area contributed by atoms with Crippen molar-refractivity contribution in [1.29, 1.82) is 0 Å². The van der Waals surface area contributed by atoms with Gasteiger partial charge in [0, 0.05) is 49.8 Å². The summed E-state index contributed by atoms with van der Waals surface area (Å²) in [5, 5.41) is 4.17. The van der Waals surface area contributed by atoms with E-state index < -0.39 is 0 Å². The summed E-state index contributed by atoms with van der Waals surface area (Å²) in [4.78, 5) is 29.1. The summed E-state index contributed by atoms with van der Waals surface area (Å²) >= 11 is 0. The summed E-state index contributed by atoms with van der Waals surface area (Å²) in [5.41, 5.74) is 1.42. The number of aromatic nitrogens is 1. The molecule has 0 spiro atoms. The molecule has 2 amide bonds. The maximum atomic E-state index is 13.0. The number of benzene rings is 1. The van der Waals surface area contributed by atoms with Crippen molar-refractivity contribution in [2.24, 2.45) is 5.92 Å². The van der Waals surface area contributed by atoms with E-state index in [9.17, 15) is 9.59 Å². The van der Waals surface area contributed by atoms with Crippen molar-refractivity contribution in [2.75, 3.05) is 38.3 Å². The van der Waals surface area contributed by atoms with Crippen LogP contribution in [0.3, 0.4) is 0 Å². The molecule has 5 rings (SSSR count). The number of hydrogen-bond donors (Lipinski definition) is 0. The summed E-state index contributed by atoms with van der Waals surface area (Å²) in [6.45, 7) is 2.46. The lowest BCUT2D eigenvalue weighted by atomic mass is 9.83. The summed E-state index contributed by atoms with van der Waals surface area (Å²) < 4.78 is 16.6. The van der Waals surface area contributed by atoms with E-state index in [1.807, 2.05) is 11.0 Å². The number of amides is 2. The number of hydrogen-bond acceptors (Lipinski definition) is 6. The van der Waals surface area contributed by atoms with E-state index in [-0.39, 0.29) is 29.4 Å². The Hall–Kier alpha value is -3.03. The SMILES string of the molecule is CN(C(=O)c1cc([C@H]2CCCN(C(=O)C3CCC3)C2)no1)c1ccc2c(c1)OCCO2. The first-order valence-corrected chi connectivity index (χ1v) is 11.0. The number of fused-ring (bicyclic) bond motifs is 1. The molecule has 0 N–H and O–H groups in total. The number of anilines is 1. The lowest BCUT2D eigenvalue weighted by Crippen LogP contribution is -2.44. The van der Waals surface area contributed by atoms with Crippen molar-refractivity contribution in [1.82, 2.24) is 10.1 Å². The highest BCUT2D eigenvalue weighted by atomic mass is 16.6. The van der Waals surface area contributed by atoms with Gasteiger partial charge in [0.2, 0.25) is 11.7 Å². The summed E-state index contributed by atoms with van der Waals surface area (Å²) in [7, 11) is 1.69. The number of nitrogens with zero attached hydrogens (tertiary/aromatic N) is 3. The van der Waals surface area contributed by atoms with E-state index in [2.05, 4.69) is 5.16 Å². The molecule has 8 nitrogen and oxygen atoms in total. The molecule has 0 radical (unpaired) electrons. The van der Waals surface area contributed by atoms with Crippen LogP contribution in [0.25, 0.3) is 0 Å². The maximum Gasteiger partial charge on any atom is 0.296 e. The molecule has 0 bridgehead atoms. The predicted molar refractivity (Wildman–Crippen MR) is 113 cm³/mol. The number of carbonyl (C=O) groups excluding carboxylic acids is 2. The number of ether oxygens (including phenoxy) is 2. The standard InChI is InChI=1S/C23H27N3O5/c1-25(17-7-8-19-20(12-17)30-11-10-29-19)23(28)21-13-18(24-31-21)16-6-3-9-26(14-16)22(27)15-4-2-5-15/h7-8,12-13,15-16H,2-6,9-11,14H2,1H3/t16-/m0/s1. The number of carbonyl (C=O) groups is 2. The lowest BCUT2D eigenvalue weighted by Gasteiger charge is -2.36. The highest BCUT2D eigenvalue weighted by molar-refractivity contribution is 6.04. The van der Waals surface area contributed by atoms with Crippen LogP contribution in [0.4, 0.5) is 5.69 Å². The Balaban J connectivity index is 1.27. The highest BCUT2D eigenvalue weighted by Gasteiger charge is 2.34. The van der Waals surface area contributed by atoms with Crippen molar-refractivity contribution in [3.8, 4) is 11.5 Å². The molecule has 31 heavy (non-hydrogen) atoms. The fraction of sp³-hybridized carbons (Fsp3) is 0.522. The Morgan fingerprint density at radius 1 is 1.06 bits per heavy atom. The van der Waals surface area contributed by atoms with Gasteiger partial charge in [-0.15, -0.1) is 0 Å². The molecule has 1 atom stereocenters. The van der Waals surface area contributed by atoms with Crippen molar-refractivity contribution in [3.05, 3.63) is 35.7 Å². The topological polar surface area (TPSA) is 85.1 Å². The van der Waals surface area contributed by atoms with Gasteiger partial charge in [-0.25, -0.2) is 0 Å². The Labute approximate surface area is 181 Å². The van der Waals surface area contributed by atoms with Crippen molar-refractivity contribution < 1.29 is 23.6 Å². The second-order valence-corrected chi connectivity index (χ2v) is 8.56. The van der Waals surface area contributed by atoms with Crippen LogP contribution < -0.4 is 14.4 Å². The molecule has 1 aliphatic carbocycles. The molecule has 1 aromatic heterocycles. The molecule has 3 heterocycles. The molecule has 1 saturated heterocycles. The number of rotatable bonds is 4. The summed E-state index contributed by atoms with van der Waals surface area (Å²) in [6, 6.07) is 7.12. The van der Waals surface area contributed by atoms with E-state index >= 15 is 0 Å². The van der Waals surface area contributed by atoms with Gasteiger partial charge in [-0.1, -0.05) is 11.6 Å². The van der Waals surface area contributed by atoms with Gasteiger partial charge in [0.15, 0.2) is 11.5 Å². The zero-order chi connectivity index (χ0) is 21.4. The van der Waals surface area contributed by atoms with E-state index in [4.69, 9.17) is 14.0 Å². The van der Waals surface area contributed by atoms with Gasteiger partial charge in [-0.2, -0.15) is 0 Å². The summed E-state index contributed by atoms with van der Waals surface area (Å²) in [6.07, 6.45) is 5.05. The Bertz CT molecular complexity index is 983. The molecule has 2 aliphatic heterocycles. The molecule has 0 unspecified atom stereocenters. The minimum Gasteiger partial charge on any atom is -0.486 e. The van der Waals surface area contributed by atoms with Crippen LogP contribution in [0.1, 0.15) is 54.3 Å². The monoisotopic (exact) mass is 425 g/mol. The van der Waals surface area contributed by atoms with Crippen LogP contribution in [0.5, 0.6) is 11.5 Å². The van der Waals surface area contributed by atoms with Crippen LogP contribution in [0.15, 0.2) is 28.8 Å². The van der Waals surface area contributed by atoms with Gasteiger partial charge >= 0.3 is 0 Å². The predicted octanol–water partition coefficient (Wildman–Crippen LogP) is 3.23. The molecule has 1 aromatic carbocycles. The van der Waals surface area contributed by atoms with Crippen LogP contribution in [-0.4, -0.2) is 55.2 Å². The Kier molecular flexibility index (Phi) is 5.29. The Morgan fingerprint density at radius 3 is 2.65 bits per heavy atom. The van der Waals surface area contributed by atoms with Gasteiger partial charge in [-0.3, -0.25) is 9.59 Å². The molecule has 8 heteroatoms. The van der Waals surface area contributed by atoms with Crippen LogP contribution in [-0.2, 0) is 4.79 Å². The van der Waals surface area contributed by atoms with Crippen LogP contribution in [0, 0.1) is 5.92 Å². The third kappa shape index (κ3) is 3.86. The van der Waals surface area contributed by atoms with E-state index in [0.717, 1.165) is 44.3 Å². The second kappa shape index (κ2) is 8.24. The van der Waals surface area contributed by atoms with Crippen molar-refractivity contribution in [2.45, 2.75) is 38.0 Å². The third-order valence-corrected chi connectivity index (χ3v) is 6.56. The fourth-order valence-corrected chi connectivity index (χ4v) is 4.44. The molecular formula is C23H27N3O5. The molecule has 1 saturated carbocycles. The summed E-state index contributed by atoms with van der Waals surface area (Å²) in [5.74, 6) is 1.78. The van der Waals surface area contributed by atoms with Gasteiger partial charge in [0.25, 0.3) is 5.91 Å². The van der Waals surface area contributed by atoms with Crippen LogP contribution >= 0.6 is 0 Å². The largest absolute Gasteiger partial charge is 0.486 e. The number of piperidine rings is 1.